The summed E-state index contributed by atoms with van der Waals surface area (Å²) in [5, 5.41) is 0. The zero-order valence-electron chi connectivity index (χ0n) is 7.47. The van der Waals surface area contributed by atoms with Gasteiger partial charge in [-0.3, -0.25) is 0 Å². The van der Waals surface area contributed by atoms with Crippen molar-refractivity contribution in [3.63, 3.8) is 0 Å². The van der Waals surface area contributed by atoms with E-state index in [1.807, 2.05) is 32.1 Å². The van der Waals surface area contributed by atoms with Crippen LogP contribution in [0.5, 0.6) is 0 Å². The van der Waals surface area contributed by atoms with Crippen molar-refractivity contribution in [2.45, 2.75) is 20.3 Å². The van der Waals surface area contributed by atoms with E-state index in [4.69, 9.17) is 0 Å². The quantitative estimate of drug-likeness (QED) is 0.627. The fourth-order valence-electron chi connectivity index (χ4n) is 1.09. The maximum absolute atomic E-state index is 13.1. The third-order valence-corrected chi connectivity index (χ3v) is 1.79. The number of rotatable bonds is 2. The molecule has 64 valence electrons. The lowest BCUT2D eigenvalue weighted by molar-refractivity contribution is 0.623. The van der Waals surface area contributed by atoms with Gasteiger partial charge in [0.05, 0.1) is 0 Å². The van der Waals surface area contributed by atoms with Crippen molar-refractivity contribution in [2.24, 2.45) is 0 Å². The van der Waals surface area contributed by atoms with Gasteiger partial charge in [0.15, 0.2) is 0 Å². The summed E-state index contributed by atoms with van der Waals surface area (Å²) in [5.41, 5.74) is 1.69. The summed E-state index contributed by atoms with van der Waals surface area (Å²) in [7, 11) is 0. The van der Waals surface area contributed by atoms with Crippen LogP contribution in [0.1, 0.15) is 24.5 Å². The highest BCUT2D eigenvalue weighted by Crippen LogP contribution is 2.14. The molecular formula is C11H13F. The Labute approximate surface area is 72.7 Å². The van der Waals surface area contributed by atoms with Crippen molar-refractivity contribution in [2.75, 3.05) is 0 Å². The van der Waals surface area contributed by atoms with Crippen LogP contribution in [0.4, 0.5) is 4.39 Å². The van der Waals surface area contributed by atoms with Gasteiger partial charge in [0, 0.05) is 5.56 Å². The summed E-state index contributed by atoms with van der Waals surface area (Å²) in [6.07, 6.45) is 4.74. The van der Waals surface area contributed by atoms with E-state index in [0.717, 1.165) is 12.0 Å². The van der Waals surface area contributed by atoms with E-state index in [9.17, 15) is 4.39 Å². The number of halogens is 1. The zero-order chi connectivity index (χ0) is 8.97. The van der Waals surface area contributed by atoms with Crippen LogP contribution < -0.4 is 0 Å². The molecule has 1 heteroatoms. The van der Waals surface area contributed by atoms with Crippen molar-refractivity contribution in [1.82, 2.24) is 0 Å². The highest BCUT2D eigenvalue weighted by molar-refractivity contribution is 5.53. The fourth-order valence-corrected chi connectivity index (χ4v) is 1.09. The maximum Gasteiger partial charge on any atom is 0.130 e. The molecule has 0 atom stereocenters. The molecule has 0 heterocycles. The van der Waals surface area contributed by atoms with Gasteiger partial charge in [0.25, 0.3) is 0 Å². The summed E-state index contributed by atoms with van der Waals surface area (Å²) in [5.74, 6) is -0.139. The first-order valence-corrected chi connectivity index (χ1v) is 4.17. The molecule has 0 N–H and O–H groups in total. The average Bonchev–Trinajstić information content (AvgIpc) is 2.04. The summed E-state index contributed by atoms with van der Waals surface area (Å²) < 4.78 is 13.1. The lowest BCUT2D eigenvalue weighted by atomic mass is 10.1. The van der Waals surface area contributed by atoms with Gasteiger partial charge in [-0.05, 0) is 25.0 Å². The van der Waals surface area contributed by atoms with Crippen LogP contribution in [0.2, 0.25) is 0 Å². The van der Waals surface area contributed by atoms with Gasteiger partial charge in [-0.15, -0.1) is 0 Å². The zero-order valence-corrected chi connectivity index (χ0v) is 7.47. The summed E-state index contributed by atoms with van der Waals surface area (Å²) >= 11 is 0. The lowest BCUT2D eigenvalue weighted by Crippen LogP contribution is -1.85. The summed E-state index contributed by atoms with van der Waals surface area (Å²) in [4.78, 5) is 0. The van der Waals surface area contributed by atoms with Gasteiger partial charge < -0.3 is 0 Å². The normalized spacial score (nSPS) is 10.9. The van der Waals surface area contributed by atoms with E-state index in [1.165, 1.54) is 6.07 Å². The third kappa shape index (κ3) is 1.94. The number of hydrogen-bond donors (Lipinski definition) is 0. The van der Waals surface area contributed by atoms with Crippen molar-refractivity contribution in [3.05, 3.63) is 41.2 Å². The standard InChI is InChI=1S/C11H13F/c1-3-4-7-10-9(2)6-5-8-11(10)12/h4-8H,3H2,1-2H3/b7-4+. The summed E-state index contributed by atoms with van der Waals surface area (Å²) in [6, 6.07) is 5.13. The van der Waals surface area contributed by atoms with Gasteiger partial charge in [0.1, 0.15) is 5.82 Å². The van der Waals surface area contributed by atoms with Gasteiger partial charge in [-0.2, -0.15) is 0 Å². The van der Waals surface area contributed by atoms with Gasteiger partial charge in [-0.25, -0.2) is 4.39 Å². The average molecular weight is 164 g/mol. The smallest absolute Gasteiger partial charge is 0.130 e. The van der Waals surface area contributed by atoms with Crippen molar-refractivity contribution in [1.29, 1.82) is 0 Å². The largest absolute Gasteiger partial charge is 0.206 e. The van der Waals surface area contributed by atoms with Crippen LogP contribution in [-0.4, -0.2) is 0 Å². The molecule has 1 aromatic carbocycles. The minimum atomic E-state index is -0.139. The predicted molar refractivity (Wildman–Crippen MR) is 50.5 cm³/mol. The Bertz CT molecular complexity index is 267. The first kappa shape index (κ1) is 8.98. The number of aryl methyl sites for hydroxylation is 1. The number of hydrogen-bond acceptors (Lipinski definition) is 0. The van der Waals surface area contributed by atoms with Gasteiger partial charge in [-0.1, -0.05) is 31.2 Å². The second kappa shape index (κ2) is 4.05. The second-order valence-electron chi connectivity index (χ2n) is 2.78. The van der Waals surface area contributed by atoms with Crippen molar-refractivity contribution in [3.8, 4) is 0 Å². The monoisotopic (exact) mass is 164 g/mol. The lowest BCUT2D eigenvalue weighted by Gasteiger charge is -2.00. The Balaban J connectivity index is 3.04. The Morgan fingerprint density at radius 2 is 2.17 bits per heavy atom. The SMILES string of the molecule is CC/C=C/c1c(C)cccc1F. The van der Waals surface area contributed by atoms with Crippen LogP contribution in [0.25, 0.3) is 6.08 Å². The molecule has 0 amide bonds. The molecular weight excluding hydrogens is 151 g/mol. The molecule has 0 aromatic heterocycles. The van der Waals surface area contributed by atoms with Crippen LogP contribution in [0.3, 0.4) is 0 Å². The van der Waals surface area contributed by atoms with Crippen LogP contribution >= 0.6 is 0 Å². The van der Waals surface area contributed by atoms with Gasteiger partial charge >= 0.3 is 0 Å². The first-order chi connectivity index (χ1) is 5.75. The molecule has 0 spiro atoms. The molecule has 1 aromatic rings. The molecule has 0 unspecified atom stereocenters. The highest BCUT2D eigenvalue weighted by atomic mass is 19.1. The molecule has 0 aliphatic heterocycles. The second-order valence-corrected chi connectivity index (χ2v) is 2.78. The van der Waals surface area contributed by atoms with Crippen molar-refractivity contribution < 1.29 is 4.39 Å². The molecule has 1 rings (SSSR count). The van der Waals surface area contributed by atoms with Crippen LogP contribution in [0, 0.1) is 12.7 Å². The summed E-state index contributed by atoms with van der Waals surface area (Å²) in [6.45, 7) is 3.95. The Morgan fingerprint density at radius 3 is 2.75 bits per heavy atom. The Kier molecular flexibility index (Phi) is 3.03. The van der Waals surface area contributed by atoms with E-state index in [2.05, 4.69) is 0 Å². The molecule has 12 heavy (non-hydrogen) atoms. The van der Waals surface area contributed by atoms with E-state index >= 15 is 0 Å². The molecule has 0 saturated carbocycles. The minimum absolute atomic E-state index is 0.139. The van der Waals surface area contributed by atoms with Crippen LogP contribution in [0.15, 0.2) is 24.3 Å². The first-order valence-electron chi connectivity index (χ1n) is 4.17. The Morgan fingerprint density at radius 1 is 1.42 bits per heavy atom. The molecule has 0 aliphatic rings. The van der Waals surface area contributed by atoms with E-state index in [-0.39, 0.29) is 5.82 Å². The molecule has 0 aliphatic carbocycles. The third-order valence-electron chi connectivity index (χ3n) is 1.79. The van der Waals surface area contributed by atoms with Crippen molar-refractivity contribution >= 4 is 6.08 Å². The maximum atomic E-state index is 13.1. The van der Waals surface area contributed by atoms with E-state index < -0.39 is 0 Å². The number of allylic oxidation sites excluding steroid dienone is 1. The van der Waals surface area contributed by atoms with E-state index in [1.54, 1.807) is 6.07 Å². The fraction of sp³-hybridized carbons (Fsp3) is 0.273. The highest BCUT2D eigenvalue weighted by Gasteiger charge is 1.99. The van der Waals surface area contributed by atoms with Gasteiger partial charge in [0.2, 0.25) is 0 Å². The van der Waals surface area contributed by atoms with E-state index in [0.29, 0.717) is 5.56 Å². The number of benzene rings is 1. The molecule has 0 bridgehead atoms. The molecule has 0 fully saturated rings. The minimum Gasteiger partial charge on any atom is -0.206 e. The molecule has 0 radical (unpaired) electrons. The molecule has 0 saturated heterocycles. The van der Waals surface area contributed by atoms with Crippen LogP contribution in [-0.2, 0) is 0 Å². The topological polar surface area (TPSA) is 0 Å². The predicted octanol–water partition coefficient (Wildman–Crippen LogP) is 3.56. The Hall–Kier alpha value is -1.11. The molecule has 0 nitrogen and oxygen atoms in total.